The topological polar surface area (TPSA) is 37.7 Å². The molecule has 1 spiro atoms. The molecule has 0 N–H and O–H groups in total. The van der Waals surface area contributed by atoms with Crippen molar-refractivity contribution in [2.45, 2.75) is 58.7 Å². The molecule has 2 aromatic rings. The van der Waals surface area contributed by atoms with Gasteiger partial charge < -0.3 is 4.74 Å². The molecule has 2 atom stereocenters. The van der Waals surface area contributed by atoms with Crippen molar-refractivity contribution in [3.8, 4) is 5.75 Å². The number of hydrogen-bond acceptors (Lipinski definition) is 4. The minimum atomic E-state index is -0.475. The molecule has 0 bridgehead atoms. The SMILES string of the molecule is CCC1(C)CCCN(C(C)C)C12C=Nc1c(ccc3ncccc13)O2. The fourth-order valence-electron chi connectivity index (χ4n) is 4.49. The number of aromatic nitrogens is 1. The van der Waals surface area contributed by atoms with Gasteiger partial charge >= 0.3 is 0 Å². The number of ether oxygens (including phenoxy) is 1. The van der Waals surface area contributed by atoms with Gasteiger partial charge in [0.25, 0.3) is 0 Å². The quantitative estimate of drug-likeness (QED) is 0.778. The lowest BCUT2D eigenvalue weighted by atomic mass is 9.69. The summed E-state index contributed by atoms with van der Waals surface area (Å²) in [5, 5.41) is 1.05. The fourth-order valence-corrected chi connectivity index (χ4v) is 4.49. The second kappa shape index (κ2) is 5.80. The van der Waals surface area contributed by atoms with Gasteiger partial charge in [-0.05, 0) is 57.4 Å². The molecule has 2 unspecified atom stereocenters. The van der Waals surface area contributed by atoms with E-state index < -0.39 is 5.72 Å². The van der Waals surface area contributed by atoms with E-state index in [1.165, 1.54) is 6.42 Å². The minimum absolute atomic E-state index is 0.0423. The molecule has 1 saturated heterocycles. The molecule has 25 heavy (non-hydrogen) atoms. The summed E-state index contributed by atoms with van der Waals surface area (Å²) in [6.07, 6.45) is 7.32. The number of piperidine rings is 1. The first-order chi connectivity index (χ1) is 12.0. The number of hydrogen-bond donors (Lipinski definition) is 0. The van der Waals surface area contributed by atoms with Crippen LogP contribution >= 0.6 is 0 Å². The van der Waals surface area contributed by atoms with Crippen LogP contribution in [0.15, 0.2) is 35.5 Å². The van der Waals surface area contributed by atoms with E-state index in [0.717, 1.165) is 41.7 Å². The number of benzene rings is 1. The normalized spacial score (nSPS) is 29.2. The Balaban J connectivity index is 1.88. The van der Waals surface area contributed by atoms with Gasteiger partial charge in [0.2, 0.25) is 5.72 Å². The van der Waals surface area contributed by atoms with Gasteiger partial charge in [-0.3, -0.25) is 14.9 Å². The number of nitrogens with zero attached hydrogens (tertiary/aromatic N) is 3. The van der Waals surface area contributed by atoms with Crippen molar-refractivity contribution in [3.05, 3.63) is 30.5 Å². The van der Waals surface area contributed by atoms with E-state index in [1.807, 2.05) is 24.4 Å². The average molecular weight is 337 g/mol. The lowest BCUT2D eigenvalue weighted by Crippen LogP contribution is -2.68. The molecule has 1 aromatic carbocycles. The highest BCUT2D eigenvalue weighted by Crippen LogP contribution is 2.51. The van der Waals surface area contributed by atoms with Gasteiger partial charge in [-0.25, -0.2) is 0 Å². The van der Waals surface area contributed by atoms with Gasteiger partial charge in [-0.1, -0.05) is 13.8 Å². The van der Waals surface area contributed by atoms with E-state index in [4.69, 9.17) is 9.73 Å². The third kappa shape index (κ3) is 2.30. The summed E-state index contributed by atoms with van der Waals surface area (Å²) in [6, 6.07) is 8.50. The van der Waals surface area contributed by atoms with Gasteiger partial charge in [-0.15, -0.1) is 0 Å². The summed E-state index contributed by atoms with van der Waals surface area (Å²) < 4.78 is 6.80. The molecule has 1 fully saturated rings. The highest BCUT2D eigenvalue weighted by atomic mass is 16.5. The predicted octanol–water partition coefficient (Wildman–Crippen LogP) is 4.95. The Bertz CT molecular complexity index is 831. The summed E-state index contributed by atoms with van der Waals surface area (Å²) in [7, 11) is 0. The maximum absolute atomic E-state index is 6.80. The van der Waals surface area contributed by atoms with Crippen LogP contribution in [0.3, 0.4) is 0 Å². The molecule has 0 amide bonds. The van der Waals surface area contributed by atoms with E-state index in [9.17, 15) is 0 Å². The Kier molecular flexibility index (Phi) is 3.84. The van der Waals surface area contributed by atoms with Gasteiger partial charge in [0.1, 0.15) is 11.4 Å². The summed E-state index contributed by atoms with van der Waals surface area (Å²) in [6.45, 7) is 10.2. The molecule has 3 heterocycles. The average Bonchev–Trinajstić information content (AvgIpc) is 2.63. The number of pyridine rings is 1. The molecule has 0 saturated carbocycles. The summed E-state index contributed by atoms with van der Waals surface area (Å²) >= 11 is 0. The number of rotatable bonds is 2. The van der Waals surface area contributed by atoms with Crippen molar-refractivity contribution in [2.24, 2.45) is 10.4 Å². The first kappa shape index (κ1) is 16.5. The Morgan fingerprint density at radius 1 is 1.28 bits per heavy atom. The maximum Gasteiger partial charge on any atom is 0.205 e. The predicted molar refractivity (Wildman–Crippen MR) is 103 cm³/mol. The zero-order chi connectivity index (χ0) is 17.7. The van der Waals surface area contributed by atoms with Gasteiger partial charge in [0.05, 0.1) is 11.7 Å². The first-order valence-electron chi connectivity index (χ1n) is 9.39. The minimum Gasteiger partial charge on any atom is -0.464 e. The molecule has 2 aliphatic rings. The summed E-state index contributed by atoms with van der Waals surface area (Å²) in [5.41, 5.74) is 1.43. The van der Waals surface area contributed by atoms with Crippen LogP contribution in [0.25, 0.3) is 10.9 Å². The number of likely N-dealkylation sites (tertiary alicyclic amines) is 1. The third-order valence-corrected chi connectivity index (χ3v) is 6.18. The lowest BCUT2D eigenvalue weighted by Gasteiger charge is -2.57. The molecule has 4 heteroatoms. The second-order valence-corrected chi connectivity index (χ2v) is 7.84. The lowest BCUT2D eigenvalue weighted by molar-refractivity contribution is -0.155. The van der Waals surface area contributed by atoms with Crippen LogP contribution in [0.5, 0.6) is 5.75 Å². The van der Waals surface area contributed by atoms with E-state index in [1.54, 1.807) is 0 Å². The van der Waals surface area contributed by atoms with Crippen molar-refractivity contribution in [2.75, 3.05) is 6.54 Å². The molecule has 4 nitrogen and oxygen atoms in total. The van der Waals surface area contributed by atoms with Crippen LogP contribution < -0.4 is 4.74 Å². The van der Waals surface area contributed by atoms with Crippen LogP contribution in [-0.4, -0.2) is 34.4 Å². The van der Waals surface area contributed by atoms with E-state index in [-0.39, 0.29) is 5.41 Å². The molecule has 1 aromatic heterocycles. The standard InChI is InChI=1S/C21H27N3O/c1-5-20(4)11-7-13-24(15(2)3)21(20)14-23-19-16-8-6-12-22-17(16)9-10-18(19)25-21/h6,8-10,12,14-15H,5,7,11,13H2,1-4H3. The molecule has 0 aliphatic carbocycles. The smallest absolute Gasteiger partial charge is 0.205 e. The third-order valence-electron chi connectivity index (χ3n) is 6.18. The van der Waals surface area contributed by atoms with Gasteiger partial charge in [0, 0.05) is 29.6 Å². The van der Waals surface area contributed by atoms with E-state index in [2.05, 4.69) is 49.9 Å². The van der Waals surface area contributed by atoms with E-state index >= 15 is 0 Å². The van der Waals surface area contributed by atoms with Crippen molar-refractivity contribution in [3.63, 3.8) is 0 Å². The summed E-state index contributed by atoms with van der Waals surface area (Å²) in [5.74, 6) is 0.871. The van der Waals surface area contributed by atoms with Crippen molar-refractivity contribution in [1.82, 2.24) is 9.88 Å². The van der Waals surface area contributed by atoms with E-state index in [0.29, 0.717) is 6.04 Å². The van der Waals surface area contributed by atoms with Crippen LogP contribution in [0.4, 0.5) is 5.69 Å². The Morgan fingerprint density at radius 3 is 2.88 bits per heavy atom. The largest absolute Gasteiger partial charge is 0.464 e. The molecule has 0 radical (unpaired) electrons. The highest BCUT2D eigenvalue weighted by Gasteiger charge is 2.56. The summed E-state index contributed by atoms with van der Waals surface area (Å²) in [4.78, 5) is 11.9. The van der Waals surface area contributed by atoms with Gasteiger partial charge in [-0.2, -0.15) is 0 Å². The molecular weight excluding hydrogens is 310 g/mol. The van der Waals surface area contributed by atoms with Crippen molar-refractivity contribution in [1.29, 1.82) is 0 Å². The molecular formula is C21H27N3O. The molecule has 4 rings (SSSR count). The highest BCUT2D eigenvalue weighted by molar-refractivity contribution is 5.96. The van der Waals surface area contributed by atoms with Crippen molar-refractivity contribution >= 4 is 22.8 Å². The maximum atomic E-state index is 6.80. The van der Waals surface area contributed by atoms with Crippen LogP contribution in [0.1, 0.15) is 47.0 Å². The number of fused-ring (bicyclic) bond motifs is 3. The molecule has 132 valence electrons. The van der Waals surface area contributed by atoms with Gasteiger partial charge in [0.15, 0.2) is 0 Å². The Hall–Kier alpha value is -1.94. The fraction of sp³-hybridized carbons (Fsp3) is 0.524. The monoisotopic (exact) mass is 337 g/mol. The first-order valence-corrected chi connectivity index (χ1v) is 9.39. The zero-order valence-electron chi connectivity index (χ0n) is 15.6. The van der Waals surface area contributed by atoms with Crippen LogP contribution in [0.2, 0.25) is 0 Å². The van der Waals surface area contributed by atoms with Crippen molar-refractivity contribution < 1.29 is 4.74 Å². The van der Waals surface area contributed by atoms with Crippen LogP contribution in [-0.2, 0) is 0 Å². The zero-order valence-corrected chi connectivity index (χ0v) is 15.6. The Labute approximate surface area is 149 Å². The molecule has 2 aliphatic heterocycles. The second-order valence-electron chi connectivity index (χ2n) is 7.84. The number of aliphatic imine (C=N–C) groups is 1. The Morgan fingerprint density at radius 2 is 2.12 bits per heavy atom. The van der Waals surface area contributed by atoms with Crippen LogP contribution in [0, 0.1) is 5.41 Å².